The number of furan rings is 1. The van der Waals surface area contributed by atoms with Crippen LogP contribution >= 0.6 is 0 Å². The Morgan fingerprint density at radius 2 is 1.06 bits per heavy atom. The van der Waals surface area contributed by atoms with Crippen molar-refractivity contribution in [3.8, 4) is 11.1 Å². The lowest BCUT2D eigenvalue weighted by molar-refractivity contribution is 0.670. The molecule has 0 unspecified atom stereocenters. The summed E-state index contributed by atoms with van der Waals surface area (Å²) < 4.78 is 6.54. The van der Waals surface area contributed by atoms with Crippen LogP contribution in [0.15, 0.2) is 144 Å². The minimum atomic E-state index is 0.109. The summed E-state index contributed by atoms with van der Waals surface area (Å²) in [5, 5.41) is 2.29. The van der Waals surface area contributed by atoms with Crippen LogP contribution in [0.2, 0.25) is 0 Å². The molecular formula is C46H35BN2O. The van der Waals surface area contributed by atoms with Crippen LogP contribution < -0.4 is 26.2 Å². The highest BCUT2D eigenvalue weighted by molar-refractivity contribution is 7.00. The van der Waals surface area contributed by atoms with Crippen molar-refractivity contribution in [2.45, 2.75) is 27.7 Å². The third-order valence-corrected chi connectivity index (χ3v) is 10.8. The normalized spacial score (nSPS) is 13.1. The monoisotopic (exact) mass is 642 g/mol. The number of hydrogen-bond donors (Lipinski definition) is 0. The molecule has 10 rings (SSSR count). The van der Waals surface area contributed by atoms with Crippen LogP contribution in [0.5, 0.6) is 0 Å². The highest BCUT2D eigenvalue weighted by Gasteiger charge is 2.43. The van der Waals surface area contributed by atoms with E-state index in [1.807, 2.05) is 6.07 Å². The van der Waals surface area contributed by atoms with E-state index in [4.69, 9.17) is 4.42 Å². The minimum absolute atomic E-state index is 0.109. The van der Waals surface area contributed by atoms with E-state index in [1.165, 1.54) is 72.6 Å². The number of hydrogen-bond acceptors (Lipinski definition) is 3. The Bertz CT molecular complexity index is 2670. The maximum absolute atomic E-state index is 6.54. The number of benzene rings is 7. The van der Waals surface area contributed by atoms with Crippen molar-refractivity contribution in [1.82, 2.24) is 0 Å². The minimum Gasteiger partial charge on any atom is -0.455 e. The van der Waals surface area contributed by atoms with Crippen LogP contribution in [0, 0.1) is 27.7 Å². The van der Waals surface area contributed by atoms with Gasteiger partial charge in [-0.1, -0.05) is 102 Å². The summed E-state index contributed by atoms with van der Waals surface area (Å²) >= 11 is 0. The van der Waals surface area contributed by atoms with Gasteiger partial charge in [0.2, 0.25) is 0 Å². The summed E-state index contributed by atoms with van der Waals surface area (Å²) in [5.74, 6) is 0. The molecule has 7 aromatic carbocycles. The molecule has 0 spiro atoms. The van der Waals surface area contributed by atoms with Gasteiger partial charge in [-0.25, -0.2) is 0 Å². The molecule has 0 saturated heterocycles. The zero-order chi connectivity index (χ0) is 33.7. The van der Waals surface area contributed by atoms with Crippen LogP contribution in [-0.2, 0) is 0 Å². The predicted octanol–water partition coefficient (Wildman–Crippen LogP) is 10.6. The van der Waals surface area contributed by atoms with Crippen LogP contribution in [-0.4, -0.2) is 6.71 Å². The summed E-state index contributed by atoms with van der Waals surface area (Å²) in [4.78, 5) is 4.95. The molecule has 8 aromatic rings. The lowest BCUT2D eigenvalue weighted by atomic mass is 9.33. The second-order valence-corrected chi connectivity index (χ2v) is 14.1. The molecule has 0 N–H and O–H groups in total. The van der Waals surface area contributed by atoms with Crippen LogP contribution in [0.25, 0.3) is 33.1 Å². The van der Waals surface area contributed by atoms with Crippen LogP contribution in [0.3, 0.4) is 0 Å². The average molecular weight is 643 g/mol. The standard InChI is InChI=1S/C46H35BN2O/c1-28-15-20-32(21-16-28)48-40-23-17-29(2)25-38(40)47-39-26-30(3)18-24-41(39)49(43-13-8-12-42(48)45(43)47)33-22-19-31(4)37(27-33)36-11-7-10-35-34-9-5-6-14-44(34)50-46(35)36/h5-27H,1-4H3. The van der Waals surface area contributed by atoms with Crippen molar-refractivity contribution >= 4 is 79.2 Å². The van der Waals surface area contributed by atoms with Gasteiger partial charge in [0.1, 0.15) is 11.2 Å². The lowest BCUT2D eigenvalue weighted by Crippen LogP contribution is -2.61. The van der Waals surface area contributed by atoms with Gasteiger partial charge in [-0.15, -0.1) is 0 Å². The first-order valence-electron chi connectivity index (χ1n) is 17.5. The van der Waals surface area contributed by atoms with Gasteiger partial charge in [0, 0.05) is 50.5 Å². The van der Waals surface area contributed by atoms with E-state index >= 15 is 0 Å². The number of aryl methyl sites for hydroxylation is 4. The van der Waals surface area contributed by atoms with Gasteiger partial charge < -0.3 is 14.2 Å². The number of fused-ring (bicyclic) bond motifs is 7. The molecule has 1 aromatic heterocycles. The molecule has 0 aliphatic carbocycles. The van der Waals surface area contributed by atoms with E-state index in [0.717, 1.165) is 33.2 Å². The Balaban J connectivity index is 1.23. The molecule has 4 heteroatoms. The third kappa shape index (κ3) is 4.18. The largest absolute Gasteiger partial charge is 0.455 e. The number of anilines is 6. The number of nitrogens with zero attached hydrogens (tertiary/aromatic N) is 2. The number of rotatable bonds is 3. The van der Waals surface area contributed by atoms with Crippen molar-refractivity contribution in [3.05, 3.63) is 162 Å². The van der Waals surface area contributed by atoms with Gasteiger partial charge in [-0.05, 0) is 110 Å². The fraction of sp³-hybridized carbons (Fsp3) is 0.0870. The van der Waals surface area contributed by atoms with Gasteiger partial charge in [0.05, 0.1) is 0 Å². The average Bonchev–Trinajstić information content (AvgIpc) is 3.52. The van der Waals surface area contributed by atoms with Crippen molar-refractivity contribution in [2.75, 3.05) is 9.80 Å². The van der Waals surface area contributed by atoms with E-state index in [0.29, 0.717) is 0 Å². The van der Waals surface area contributed by atoms with Gasteiger partial charge in [-0.3, -0.25) is 0 Å². The molecule has 238 valence electrons. The Morgan fingerprint density at radius 3 is 1.78 bits per heavy atom. The summed E-state index contributed by atoms with van der Waals surface area (Å²) in [6.07, 6.45) is 0. The molecule has 0 saturated carbocycles. The van der Waals surface area contributed by atoms with Crippen LogP contribution in [0.4, 0.5) is 34.1 Å². The Labute approximate surface area is 293 Å². The molecule has 0 amide bonds. The van der Waals surface area contributed by atoms with Gasteiger partial charge >= 0.3 is 0 Å². The smallest absolute Gasteiger partial charge is 0.252 e. The summed E-state index contributed by atoms with van der Waals surface area (Å²) in [6.45, 7) is 8.88. The van der Waals surface area contributed by atoms with Crippen molar-refractivity contribution in [1.29, 1.82) is 0 Å². The van der Waals surface area contributed by atoms with Crippen molar-refractivity contribution in [3.63, 3.8) is 0 Å². The zero-order valence-electron chi connectivity index (χ0n) is 28.7. The van der Waals surface area contributed by atoms with Gasteiger partial charge in [0.25, 0.3) is 6.71 Å². The molecule has 3 nitrogen and oxygen atoms in total. The van der Waals surface area contributed by atoms with E-state index < -0.39 is 0 Å². The number of para-hydroxylation sites is 2. The topological polar surface area (TPSA) is 19.6 Å². The van der Waals surface area contributed by atoms with Crippen molar-refractivity contribution < 1.29 is 4.42 Å². The first kappa shape index (κ1) is 29.0. The zero-order valence-corrected chi connectivity index (χ0v) is 28.7. The Morgan fingerprint density at radius 1 is 0.460 bits per heavy atom. The molecule has 0 atom stereocenters. The molecule has 2 aliphatic rings. The maximum atomic E-state index is 6.54. The molecule has 50 heavy (non-hydrogen) atoms. The SMILES string of the molecule is Cc1ccc(N2c3ccc(C)cc3B3c4cc(C)ccc4N(c4ccc(C)c(-c5cccc6c5oc5ccccc56)c4)c4cccc2c43)cc1. The van der Waals surface area contributed by atoms with Gasteiger partial charge in [0.15, 0.2) is 0 Å². The van der Waals surface area contributed by atoms with E-state index in [2.05, 4.69) is 171 Å². The maximum Gasteiger partial charge on any atom is 0.252 e. The molecule has 0 bridgehead atoms. The molecule has 0 fully saturated rings. The third-order valence-electron chi connectivity index (χ3n) is 10.8. The summed E-state index contributed by atoms with van der Waals surface area (Å²) in [6, 6.07) is 51.5. The van der Waals surface area contributed by atoms with Gasteiger partial charge in [-0.2, -0.15) is 0 Å². The fourth-order valence-electron chi connectivity index (χ4n) is 8.43. The quantitative estimate of drug-likeness (QED) is 0.179. The second-order valence-electron chi connectivity index (χ2n) is 14.1. The second kappa shape index (κ2) is 10.8. The van der Waals surface area contributed by atoms with E-state index in [9.17, 15) is 0 Å². The summed E-state index contributed by atoms with van der Waals surface area (Å²) in [7, 11) is 0. The van der Waals surface area contributed by atoms with Crippen LogP contribution in [0.1, 0.15) is 22.3 Å². The summed E-state index contributed by atoms with van der Waals surface area (Å²) in [5.41, 5.74) is 20.4. The fourth-order valence-corrected chi connectivity index (χ4v) is 8.43. The first-order valence-corrected chi connectivity index (χ1v) is 17.5. The Kier molecular flexibility index (Phi) is 6.23. The van der Waals surface area contributed by atoms with E-state index in [1.54, 1.807) is 0 Å². The molecular weight excluding hydrogens is 607 g/mol. The lowest BCUT2D eigenvalue weighted by Gasteiger charge is -2.44. The predicted molar refractivity (Wildman–Crippen MR) is 212 cm³/mol. The first-order chi connectivity index (χ1) is 24.4. The highest BCUT2D eigenvalue weighted by atomic mass is 16.3. The highest BCUT2D eigenvalue weighted by Crippen LogP contribution is 2.45. The molecule has 2 aliphatic heterocycles. The van der Waals surface area contributed by atoms with E-state index in [-0.39, 0.29) is 6.71 Å². The Hall–Kier alpha value is -6.00. The molecule has 0 radical (unpaired) electrons. The van der Waals surface area contributed by atoms with Crippen molar-refractivity contribution in [2.24, 2.45) is 0 Å². The molecule has 3 heterocycles.